The number of rotatable bonds is 3. The van der Waals surface area contributed by atoms with E-state index in [1.165, 1.54) is 10.1 Å². The second-order valence-corrected chi connectivity index (χ2v) is 5.98. The molecule has 0 radical (unpaired) electrons. The molecule has 0 saturated carbocycles. The lowest BCUT2D eigenvalue weighted by Gasteiger charge is -2.16. The summed E-state index contributed by atoms with van der Waals surface area (Å²) in [6.45, 7) is 6.02. The molecule has 1 N–H and O–H groups in total. The fourth-order valence-corrected chi connectivity index (χ4v) is 2.92. The number of hydrogen-bond acceptors (Lipinski definition) is 3. The van der Waals surface area contributed by atoms with Crippen molar-refractivity contribution in [3.05, 3.63) is 64.1 Å². The van der Waals surface area contributed by atoms with Gasteiger partial charge in [-0.25, -0.2) is 9.50 Å². The van der Waals surface area contributed by atoms with Crippen molar-refractivity contribution in [1.82, 2.24) is 19.9 Å². The fraction of sp³-hybridized carbons (Fsp3) is 0.235. The van der Waals surface area contributed by atoms with Crippen LogP contribution in [0, 0.1) is 13.8 Å². The van der Waals surface area contributed by atoms with Gasteiger partial charge in [-0.1, -0.05) is 35.4 Å². The van der Waals surface area contributed by atoms with Gasteiger partial charge in [0.1, 0.15) is 5.02 Å². The lowest BCUT2D eigenvalue weighted by molar-refractivity contribution is 0.0934. The van der Waals surface area contributed by atoms with E-state index in [2.05, 4.69) is 21.5 Å². The van der Waals surface area contributed by atoms with E-state index in [-0.39, 0.29) is 22.7 Å². The van der Waals surface area contributed by atoms with Crippen molar-refractivity contribution in [2.45, 2.75) is 26.8 Å². The Balaban J connectivity index is 1.86. The monoisotopic (exact) mass is 328 g/mol. The molecule has 1 amide bonds. The highest BCUT2D eigenvalue weighted by Crippen LogP contribution is 2.22. The molecule has 23 heavy (non-hydrogen) atoms. The molecule has 118 valence electrons. The van der Waals surface area contributed by atoms with Crippen LogP contribution in [0.4, 0.5) is 0 Å². The second kappa shape index (κ2) is 6.01. The van der Waals surface area contributed by atoms with Gasteiger partial charge in [0.15, 0.2) is 11.3 Å². The number of halogens is 1. The maximum Gasteiger partial charge on any atom is 0.273 e. The number of benzene rings is 1. The highest BCUT2D eigenvalue weighted by atomic mass is 35.5. The lowest BCUT2D eigenvalue weighted by atomic mass is 10.0. The molecule has 5 nitrogen and oxygen atoms in total. The topological polar surface area (TPSA) is 59.3 Å². The maximum absolute atomic E-state index is 12.5. The Labute approximate surface area is 139 Å². The number of carbonyl (C=O) groups is 1. The molecular formula is C17H17ClN4O. The summed E-state index contributed by atoms with van der Waals surface area (Å²) < 4.78 is 1.50. The Morgan fingerprint density at radius 1 is 1.35 bits per heavy atom. The first-order chi connectivity index (χ1) is 11.0. The fourth-order valence-electron chi connectivity index (χ4n) is 2.66. The Hall–Kier alpha value is -2.40. The highest BCUT2D eigenvalue weighted by Gasteiger charge is 2.21. The number of fused-ring (bicyclic) bond motifs is 1. The summed E-state index contributed by atoms with van der Waals surface area (Å²) in [4.78, 5) is 16.6. The van der Waals surface area contributed by atoms with Crippen LogP contribution in [0.1, 0.15) is 40.1 Å². The average Bonchev–Trinajstić information content (AvgIpc) is 2.85. The first-order valence-electron chi connectivity index (χ1n) is 7.34. The van der Waals surface area contributed by atoms with Gasteiger partial charge in [-0.3, -0.25) is 4.79 Å². The first kappa shape index (κ1) is 15.5. The number of aromatic nitrogens is 3. The number of hydrogen-bond donors (Lipinski definition) is 1. The Bertz CT molecular complexity index is 887. The van der Waals surface area contributed by atoms with Crippen molar-refractivity contribution < 1.29 is 4.79 Å². The zero-order valence-corrected chi connectivity index (χ0v) is 13.9. The molecule has 0 aliphatic heterocycles. The Morgan fingerprint density at radius 3 is 2.83 bits per heavy atom. The average molecular weight is 329 g/mol. The minimum Gasteiger partial charge on any atom is -0.344 e. The van der Waals surface area contributed by atoms with Crippen molar-refractivity contribution in [3.63, 3.8) is 0 Å². The molecule has 6 heteroatoms. The van der Waals surface area contributed by atoms with Crippen LogP contribution in [0.15, 0.2) is 36.7 Å². The first-order valence-corrected chi connectivity index (χ1v) is 7.72. The Kier molecular flexibility index (Phi) is 4.05. The zero-order valence-electron chi connectivity index (χ0n) is 13.2. The van der Waals surface area contributed by atoms with Gasteiger partial charge in [0.05, 0.1) is 6.04 Å². The molecule has 0 aliphatic carbocycles. The largest absolute Gasteiger partial charge is 0.344 e. The molecule has 1 aromatic carbocycles. The standard InChI is InChI=1S/C17H17ClN4O/c1-10-5-6-13(11(2)9-10)12(3)20-17(23)15-14(18)16-19-7-4-8-22(16)21-15/h4-9,12H,1-3H3,(H,20,23)/t12-/m1/s1. The molecule has 1 atom stereocenters. The molecule has 0 fully saturated rings. The molecule has 0 unspecified atom stereocenters. The van der Waals surface area contributed by atoms with E-state index in [1.807, 2.05) is 32.9 Å². The third-order valence-corrected chi connectivity index (χ3v) is 4.14. The van der Waals surface area contributed by atoms with E-state index in [4.69, 9.17) is 11.6 Å². The van der Waals surface area contributed by atoms with Gasteiger partial charge in [0.2, 0.25) is 0 Å². The molecular weight excluding hydrogens is 312 g/mol. The van der Waals surface area contributed by atoms with Crippen molar-refractivity contribution in [2.24, 2.45) is 0 Å². The van der Waals surface area contributed by atoms with E-state index in [0.29, 0.717) is 5.65 Å². The third-order valence-electron chi connectivity index (χ3n) is 3.79. The number of nitrogens with zero attached hydrogens (tertiary/aromatic N) is 3. The van der Waals surface area contributed by atoms with Gasteiger partial charge in [-0.2, -0.15) is 5.10 Å². The second-order valence-electron chi connectivity index (χ2n) is 5.61. The predicted octanol–water partition coefficient (Wildman–Crippen LogP) is 3.49. The lowest BCUT2D eigenvalue weighted by Crippen LogP contribution is -2.27. The summed E-state index contributed by atoms with van der Waals surface area (Å²) in [7, 11) is 0. The number of nitrogens with one attached hydrogen (secondary N) is 1. The minimum atomic E-state index is -0.312. The summed E-state index contributed by atoms with van der Waals surface area (Å²) >= 11 is 6.23. The molecule has 3 aromatic rings. The van der Waals surface area contributed by atoms with Crippen LogP contribution in [0.3, 0.4) is 0 Å². The quantitative estimate of drug-likeness (QED) is 0.800. The predicted molar refractivity (Wildman–Crippen MR) is 89.8 cm³/mol. The normalized spacial score (nSPS) is 12.3. The van der Waals surface area contributed by atoms with E-state index in [0.717, 1.165) is 11.1 Å². The highest BCUT2D eigenvalue weighted by molar-refractivity contribution is 6.36. The van der Waals surface area contributed by atoms with Crippen LogP contribution in [0.5, 0.6) is 0 Å². The third kappa shape index (κ3) is 2.92. The van der Waals surface area contributed by atoms with Crippen LogP contribution >= 0.6 is 11.6 Å². The van der Waals surface area contributed by atoms with E-state index in [1.54, 1.807) is 18.5 Å². The molecule has 0 aliphatic rings. The van der Waals surface area contributed by atoms with Crippen LogP contribution in [-0.4, -0.2) is 20.5 Å². The summed E-state index contributed by atoms with van der Waals surface area (Å²) in [6.07, 6.45) is 3.32. The maximum atomic E-state index is 12.5. The van der Waals surface area contributed by atoms with Crippen molar-refractivity contribution in [1.29, 1.82) is 0 Å². The number of carbonyl (C=O) groups excluding carboxylic acids is 1. The van der Waals surface area contributed by atoms with Crippen molar-refractivity contribution in [2.75, 3.05) is 0 Å². The SMILES string of the molecule is Cc1ccc([C@@H](C)NC(=O)c2nn3cccnc3c2Cl)c(C)c1. The van der Waals surface area contributed by atoms with Crippen LogP contribution in [-0.2, 0) is 0 Å². The van der Waals surface area contributed by atoms with E-state index < -0.39 is 0 Å². The van der Waals surface area contributed by atoms with Crippen LogP contribution in [0.25, 0.3) is 5.65 Å². The van der Waals surface area contributed by atoms with Gasteiger partial charge in [0, 0.05) is 12.4 Å². The van der Waals surface area contributed by atoms with Gasteiger partial charge in [-0.15, -0.1) is 0 Å². The molecule has 0 spiro atoms. The molecule has 2 aromatic heterocycles. The van der Waals surface area contributed by atoms with Crippen LogP contribution in [0.2, 0.25) is 5.02 Å². The summed E-state index contributed by atoms with van der Waals surface area (Å²) in [5, 5.41) is 7.41. The molecule has 0 bridgehead atoms. The summed E-state index contributed by atoms with van der Waals surface area (Å²) in [6, 6.07) is 7.75. The minimum absolute atomic E-state index is 0.142. The van der Waals surface area contributed by atoms with E-state index in [9.17, 15) is 4.79 Å². The zero-order chi connectivity index (χ0) is 16.6. The van der Waals surface area contributed by atoms with Crippen molar-refractivity contribution >= 4 is 23.2 Å². The summed E-state index contributed by atoms with van der Waals surface area (Å²) in [5.41, 5.74) is 4.06. The molecule has 3 rings (SSSR count). The smallest absolute Gasteiger partial charge is 0.273 e. The Morgan fingerprint density at radius 2 is 2.13 bits per heavy atom. The molecule has 2 heterocycles. The van der Waals surface area contributed by atoms with E-state index >= 15 is 0 Å². The number of aryl methyl sites for hydroxylation is 2. The summed E-state index contributed by atoms with van der Waals surface area (Å²) in [5.74, 6) is -0.312. The number of amides is 1. The van der Waals surface area contributed by atoms with Gasteiger partial charge < -0.3 is 5.32 Å². The van der Waals surface area contributed by atoms with Crippen molar-refractivity contribution in [3.8, 4) is 0 Å². The van der Waals surface area contributed by atoms with Gasteiger partial charge in [0.25, 0.3) is 5.91 Å². The van der Waals surface area contributed by atoms with Crippen LogP contribution < -0.4 is 5.32 Å². The van der Waals surface area contributed by atoms with Gasteiger partial charge >= 0.3 is 0 Å². The molecule has 0 saturated heterocycles. The van der Waals surface area contributed by atoms with Gasteiger partial charge in [-0.05, 0) is 38.0 Å².